The van der Waals surface area contributed by atoms with Crippen molar-refractivity contribution in [3.63, 3.8) is 0 Å². The zero-order valence-electron chi connectivity index (χ0n) is 11.4. The fraction of sp³-hybridized carbons (Fsp3) is 0.125. The van der Waals surface area contributed by atoms with Crippen molar-refractivity contribution in [2.45, 2.75) is 10.9 Å². The fourth-order valence-corrected chi connectivity index (χ4v) is 2.57. The Hall–Kier alpha value is -2.27. The summed E-state index contributed by atoms with van der Waals surface area (Å²) in [5, 5.41) is 11.9. The third kappa shape index (κ3) is 3.64. The minimum absolute atomic E-state index is 0.392. The first-order valence-electron chi connectivity index (χ1n) is 6.35. The molecule has 2 aromatic carbocycles. The number of carbonyl (C=O) groups is 2. The summed E-state index contributed by atoms with van der Waals surface area (Å²) in [6.45, 7) is 0. The lowest BCUT2D eigenvalue weighted by atomic mass is 10.1. The van der Waals surface area contributed by atoms with Gasteiger partial charge in [-0.2, -0.15) is 0 Å². The van der Waals surface area contributed by atoms with Crippen molar-refractivity contribution in [1.82, 2.24) is 5.32 Å². The predicted molar refractivity (Wildman–Crippen MR) is 82.5 cm³/mol. The Kier molecular flexibility index (Phi) is 5.00. The first-order valence-corrected chi connectivity index (χ1v) is 7.57. The standard InChI is InChI=1S/C16H15NO3S/c1-21-13-10-6-5-9-12(13)15(18)17-14(16(19)20)11-7-3-2-4-8-11/h2-10,14H,1H3,(H,17,18)(H,19,20)/t14-/m1/s1. The van der Waals surface area contributed by atoms with Crippen LogP contribution < -0.4 is 5.32 Å². The SMILES string of the molecule is CSc1ccccc1C(=O)N[C@@H](C(=O)O)c1ccccc1. The van der Waals surface area contributed by atoms with E-state index in [1.54, 1.807) is 42.5 Å². The molecule has 0 radical (unpaired) electrons. The van der Waals surface area contributed by atoms with Crippen LogP contribution >= 0.6 is 11.8 Å². The van der Waals surface area contributed by atoms with E-state index in [0.29, 0.717) is 11.1 Å². The first kappa shape index (κ1) is 15.1. The molecule has 0 saturated carbocycles. The molecule has 108 valence electrons. The van der Waals surface area contributed by atoms with E-state index in [2.05, 4.69) is 5.32 Å². The molecule has 1 amide bonds. The molecule has 1 atom stereocenters. The van der Waals surface area contributed by atoms with Crippen LogP contribution in [0.1, 0.15) is 22.0 Å². The summed E-state index contributed by atoms with van der Waals surface area (Å²) in [7, 11) is 0. The molecule has 2 aromatic rings. The molecule has 0 aliphatic heterocycles. The third-order valence-electron chi connectivity index (χ3n) is 3.01. The largest absolute Gasteiger partial charge is 0.479 e. The Morgan fingerprint density at radius 1 is 1.05 bits per heavy atom. The van der Waals surface area contributed by atoms with Crippen molar-refractivity contribution in [2.24, 2.45) is 0 Å². The van der Waals surface area contributed by atoms with Crippen LogP contribution in [0.4, 0.5) is 0 Å². The summed E-state index contributed by atoms with van der Waals surface area (Å²) in [5.41, 5.74) is 1.02. The Labute approximate surface area is 127 Å². The van der Waals surface area contributed by atoms with Crippen LogP contribution in [0.2, 0.25) is 0 Å². The van der Waals surface area contributed by atoms with Gasteiger partial charge in [-0.3, -0.25) is 4.79 Å². The van der Waals surface area contributed by atoms with Crippen molar-refractivity contribution in [1.29, 1.82) is 0 Å². The van der Waals surface area contributed by atoms with Gasteiger partial charge >= 0.3 is 5.97 Å². The quantitative estimate of drug-likeness (QED) is 0.833. The van der Waals surface area contributed by atoms with Crippen LogP contribution in [-0.2, 0) is 4.79 Å². The molecule has 0 heterocycles. The second-order valence-electron chi connectivity index (χ2n) is 4.36. The van der Waals surface area contributed by atoms with E-state index in [0.717, 1.165) is 4.90 Å². The molecule has 0 aliphatic rings. The molecule has 0 spiro atoms. The lowest BCUT2D eigenvalue weighted by molar-refractivity contribution is -0.139. The topological polar surface area (TPSA) is 66.4 Å². The number of aliphatic carboxylic acids is 1. The van der Waals surface area contributed by atoms with E-state index in [1.807, 2.05) is 18.4 Å². The number of rotatable bonds is 5. The Bertz CT molecular complexity index is 643. The van der Waals surface area contributed by atoms with Crippen LogP contribution in [0, 0.1) is 0 Å². The van der Waals surface area contributed by atoms with E-state index in [4.69, 9.17) is 0 Å². The number of nitrogens with one attached hydrogen (secondary N) is 1. The van der Waals surface area contributed by atoms with Crippen molar-refractivity contribution >= 4 is 23.6 Å². The zero-order valence-corrected chi connectivity index (χ0v) is 12.3. The molecule has 0 fully saturated rings. The average Bonchev–Trinajstić information content (AvgIpc) is 2.52. The van der Waals surface area contributed by atoms with E-state index in [9.17, 15) is 14.7 Å². The number of carboxylic acid groups (broad SMARTS) is 1. The predicted octanol–water partition coefficient (Wildman–Crippen LogP) is 2.96. The summed E-state index contributed by atoms with van der Waals surface area (Å²) in [4.78, 5) is 24.5. The Balaban J connectivity index is 2.25. The molecule has 0 unspecified atom stereocenters. The van der Waals surface area contributed by atoms with Crippen molar-refractivity contribution in [3.8, 4) is 0 Å². The lowest BCUT2D eigenvalue weighted by Crippen LogP contribution is -2.34. The summed E-state index contributed by atoms with van der Waals surface area (Å²) >= 11 is 1.45. The van der Waals surface area contributed by atoms with Crippen LogP contribution in [-0.4, -0.2) is 23.2 Å². The highest BCUT2D eigenvalue weighted by Gasteiger charge is 2.23. The van der Waals surface area contributed by atoms with Crippen LogP contribution in [0.3, 0.4) is 0 Å². The highest BCUT2D eigenvalue weighted by Crippen LogP contribution is 2.21. The Morgan fingerprint density at radius 2 is 1.67 bits per heavy atom. The summed E-state index contributed by atoms with van der Waals surface area (Å²) in [6, 6.07) is 14.7. The summed E-state index contributed by atoms with van der Waals surface area (Å²) in [6.07, 6.45) is 1.87. The van der Waals surface area contributed by atoms with Crippen molar-refractivity contribution in [3.05, 3.63) is 65.7 Å². The highest BCUT2D eigenvalue weighted by atomic mass is 32.2. The average molecular weight is 301 g/mol. The van der Waals surface area contributed by atoms with E-state index in [-0.39, 0.29) is 0 Å². The van der Waals surface area contributed by atoms with Gasteiger partial charge in [-0.05, 0) is 24.0 Å². The number of carboxylic acids is 1. The highest BCUT2D eigenvalue weighted by molar-refractivity contribution is 7.98. The Morgan fingerprint density at radius 3 is 2.29 bits per heavy atom. The monoisotopic (exact) mass is 301 g/mol. The molecule has 5 heteroatoms. The van der Waals surface area contributed by atoms with Crippen LogP contribution in [0.5, 0.6) is 0 Å². The van der Waals surface area contributed by atoms with Gasteiger partial charge < -0.3 is 10.4 Å². The molecule has 21 heavy (non-hydrogen) atoms. The van der Waals surface area contributed by atoms with E-state index < -0.39 is 17.9 Å². The molecular weight excluding hydrogens is 286 g/mol. The van der Waals surface area contributed by atoms with Gasteiger partial charge in [-0.25, -0.2) is 4.79 Å². The van der Waals surface area contributed by atoms with E-state index in [1.165, 1.54) is 11.8 Å². The zero-order chi connectivity index (χ0) is 15.2. The van der Waals surface area contributed by atoms with Gasteiger partial charge in [0.15, 0.2) is 6.04 Å². The molecule has 2 rings (SSSR count). The number of thioether (sulfide) groups is 1. The normalized spacial score (nSPS) is 11.7. The van der Waals surface area contributed by atoms with E-state index >= 15 is 0 Å². The third-order valence-corrected chi connectivity index (χ3v) is 3.80. The summed E-state index contributed by atoms with van der Waals surface area (Å²) in [5.74, 6) is -1.48. The molecule has 0 bridgehead atoms. The number of benzene rings is 2. The number of carbonyl (C=O) groups excluding carboxylic acids is 1. The van der Waals surface area contributed by atoms with Crippen LogP contribution in [0.25, 0.3) is 0 Å². The second kappa shape index (κ2) is 6.95. The number of hydrogen-bond donors (Lipinski definition) is 2. The van der Waals surface area contributed by atoms with Gasteiger partial charge in [-0.1, -0.05) is 42.5 Å². The number of hydrogen-bond acceptors (Lipinski definition) is 3. The first-order chi connectivity index (χ1) is 10.1. The molecule has 4 nitrogen and oxygen atoms in total. The van der Waals surface area contributed by atoms with Gasteiger partial charge in [0.2, 0.25) is 0 Å². The van der Waals surface area contributed by atoms with Gasteiger partial charge in [0.05, 0.1) is 5.56 Å². The van der Waals surface area contributed by atoms with Gasteiger partial charge in [-0.15, -0.1) is 11.8 Å². The van der Waals surface area contributed by atoms with Gasteiger partial charge in [0.25, 0.3) is 5.91 Å². The van der Waals surface area contributed by atoms with Crippen LogP contribution in [0.15, 0.2) is 59.5 Å². The van der Waals surface area contributed by atoms with Gasteiger partial charge in [0, 0.05) is 4.90 Å². The molecular formula is C16H15NO3S. The summed E-state index contributed by atoms with van der Waals surface area (Å²) < 4.78 is 0. The molecule has 0 saturated heterocycles. The van der Waals surface area contributed by atoms with Crippen molar-refractivity contribution < 1.29 is 14.7 Å². The molecule has 0 aromatic heterocycles. The molecule has 2 N–H and O–H groups in total. The lowest BCUT2D eigenvalue weighted by Gasteiger charge is -2.16. The van der Waals surface area contributed by atoms with Gasteiger partial charge in [0.1, 0.15) is 0 Å². The molecule has 0 aliphatic carbocycles. The minimum Gasteiger partial charge on any atom is -0.479 e. The maximum atomic E-state index is 12.3. The smallest absolute Gasteiger partial charge is 0.330 e. The fourth-order valence-electron chi connectivity index (χ4n) is 1.97. The van der Waals surface area contributed by atoms with Crippen molar-refractivity contribution in [2.75, 3.05) is 6.26 Å². The maximum absolute atomic E-state index is 12.3. The minimum atomic E-state index is -1.09. The second-order valence-corrected chi connectivity index (χ2v) is 5.20. The number of amides is 1. The maximum Gasteiger partial charge on any atom is 0.330 e.